The molecule has 0 aliphatic rings. The summed E-state index contributed by atoms with van der Waals surface area (Å²) in [5.41, 5.74) is 5.89. The number of hydrogen-bond acceptors (Lipinski definition) is 5. The lowest BCUT2D eigenvalue weighted by molar-refractivity contribution is -0.121. The summed E-state index contributed by atoms with van der Waals surface area (Å²) in [5.74, 6) is 1.07. The Bertz CT molecular complexity index is 787. The molecule has 0 radical (unpaired) electrons. The van der Waals surface area contributed by atoms with E-state index in [2.05, 4.69) is 10.9 Å². The normalized spacial score (nSPS) is 10.3. The van der Waals surface area contributed by atoms with E-state index in [4.69, 9.17) is 14.2 Å². The van der Waals surface area contributed by atoms with Crippen LogP contribution < -0.4 is 25.1 Å². The van der Waals surface area contributed by atoms with Gasteiger partial charge in [-0.2, -0.15) is 0 Å². The molecular formula is C20H24N2O5. The first-order chi connectivity index (χ1) is 12.9. The summed E-state index contributed by atoms with van der Waals surface area (Å²) in [5, 5.41) is 0. The van der Waals surface area contributed by atoms with Gasteiger partial charge in [-0.15, -0.1) is 0 Å². The van der Waals surface area contributed by atoms with Gasteiger partial charge in [0, 0.05) is 17.2 Å². The van der Waals surface area contributed by atoms with Gasteiger partial charge in [0.05, 0.1) is 26.7 Å². The highest BCUT2D eigenvalue weighted by Gasteiger charge is 2.12. The van der Waals surface area contributed by atoms with E-state index in [1.807, 2.05) is 13.8 Å². The second kappa shape index (κ2) is 9.47. The maximum absolute atomic E-state index is 12.1. The van der Waals surface area contributed by atoms with Gasteiger partial charge >= 0.3 is 0 Å². The molecule has 2 aromatic carbocycles. The summed E-state index contributed by atoms with van der Waals surface area (Å²) in [6.07, 6.45) is 0.105. The molecule has 144 valence electrons. The van der Waals surface area contributed by atoms with Crippen LogP contribution in [-0.2, 0) is 11.2 Å². The average Bonchev–Trinajstić information content (AvgIpc) is 2.66. The van der Waals surface area contributed by atoms with Crippen LogP contribution in [0.1, 0.15) is 29.8 Å². The average molecular weight is 372 g/mol. The highest BCUT2D eigenvalue weighted by Crippen LogP contribution is 2.24. The molecule has 0 fully saturated rings. The van der Waals surface area contributed by atoms with Gasteiger partial charge in [-0.05, 0) is 44.2 Å². The van der Waals surface area contributed by atoms with Crippen molar-refractivity contribution in [1.29, 1.82) is 0 Å². The van der Waals surface area contributed by atoms with Crippen LogP contribution in [0.4, 0.5) is 0 Å². The van der Waals surface area contributed by atoms with E-state index in [-0.39, 0.29) is 18.4 Å². The summed E-state index contributed by atoms with van der Waals surface area (Å²) in [4.78, 5) is 24.2. The van der Waals surface area contributed by atoms with Gasteiger partial charge in [0.2, 0.25) is 5.91 Å². The maximum atomic E-state index is 12.1. The Balaban J connectivity index is 1.90. The van der Waals surface area contributed by atoms with Crippen LogP contribution in [0.3, 0.4) is 0 Å². The summed E-state index contributed by atoms with van der Waals surface area (Å²) < 4.78 is 15.9. The molecule has 2 aromatic rings. The Morgan fingerprint density at radius 2 is 1.59 bits per heavy atom. The number of benzene rings is 2. The number of rotatable bonds is 7. The van der Waals surface area contributed by atoms with Crippen molar-refractivity contribution in [1.82, 2.24) is 10.9 Å². The van der Waals surface area contributed by atoms with E-state index < -0.39 is 5.91 Å². The molecule has 0 spiro atoms. The Morgan fingerprint density at radius 1 is 0.926 bits per heavy atom. The van der Waals surface area contributed by atoms with E-state index in [9.17, 15) is 9.59 Å². The number of hydrazine groups is 1. The van der Waals surface area contributed by atoms with E-state index in [1.54, 1.807) is 49.6 Å². The molecule has 0 bridgehead atoms. The van der Waals surface area contributed by atoms with Crippen molar-refractivity contribution in [2.24, 2.45) is 0 Å². The fourth-order valence-electron chi connectivity index (χ4n) is 2.37. The molecule has 0 heterocycles. The summed E-state index contributed by atoms with van der Waals surface area (Å²) >= 11 is 0. The molecule has 27 heavy (non-hydrogen) atoms. The number of ether oxygens (including phenoxy) is 3. The van der Waals surface area contributed by atoms with Gasteiger partial charge in [0.1, 0.15) is 17.2 Å². The Kier molecular flexibility index (Phi) is 7.05. The first kappa shape index (κ1) is 20.1. The molecule has 7 heteroatoms. The maximum Gasteiger partial charge on any atom is 0.269 e. The van der Waals surface area contributed by atoms with Crippen LogP contribution >= 0.6 is 0 Å². The van der Waals surface area contributed by atoms with Crippen LogP contribution in [0.5, 0.6) is 17.2 Å². The summed E-state index contributed by atoms with van der Waals surface area (Å²) in [6, 6.07) is 11.9. The van der Waals surface area contributed by atoms with E-state index >= 15 is 0 Å². The molecule has 2 amide bonds. The van der Waals surface area contributed by atoms with Gasteiger partial charge in [0.15, 0.2) is 0 Å². The minimum absolute atomic E-state index is 0.0502. The predicted octanol–water partition coefficient (Wildman–Crippen LogP) is 2.49. The second-order valence-corrected chi connectivity index (χ2v) is 6.05. The lowest BCUT2D eigenvalue weighted by atomic mass is 10.1. The molecule has 0 unspecified atom stereocenters. The molecule has 7 nitrogen and oxygen atoms in total. The van der Waals surface area contributed by atoms with Crippen LogP contribution in [0.25, 0.3) is 0 Å². The molecule has 0 aromatic heterocycles. The minimum Gasteiger partial charge on any atom is -0.497 e. The van der Waals surface area contributed by atoms with Crippen molar-refractivity contribution in [2.75, 3.05) is 14.2 Å². The van der Waals surface area contributed by atoms with Crippen molar-refractivity contribution in [3.05, 3.63) is 53.6 Å². The Morgan fingerprint density at radius 3 is 2.19 bits per heavy atom. The largest absolute Gasteiger partial charge is 0.497 e. The van der Waals surface area contributed by atoms with Crippen LogP contribution in [0, 0.1) is 0 Å². The minimum atomic E-state index is -0.416. The molecule has 0 aliphatic heterocycles. The van der Waals surface area contributed by atoms with Gasteiger partial charge < -0.3 is 14.2 Å². The smallest absolute Gasteiger partial charge is 0.269 e. The third-order valence-corrected chi connectivity index (χ3v) is 3.65. The van der Waals surface area contributed by atoms with E-state index in [0.717, 1.165) is 0 Å². The number of hydrogen-bond donors (Lipinski definition) is 2. The molecular weight excluding hydrogens is 348 g/mol. The first-order valence-electron chi connectivity index (χ1n) is 8.49. The van der Waals surface area contributed by atoms with Gasteiger partial charge in [-0.25, -0.2) is 0 Å². The summed E-state index contributed by atoms with van der Waals surface area (Å²) in [7, 11) is 3.07. The zero-order valence-electron chi connectivity index (χ0n) is 15.9. The monoisotopic (exact) mass is 372 g/mol. The van der Waals surface area contributed by atoms with Crippen molar-refractivity contribution in [2.45, 2.75) is 26.4 Å². The van der Waals surface area contributed by atoms with Gasteiger partial charge in [-0.1, -0.05) is 6.07 Å². The lowest BCUT2D eigenvalue weighted by Crippen LogP contribution is -2.42. The topological polar surface area (TPSA) is 85.9 Å². The molecule has 0 saturated heterocycles. The number of nitrogens with one attached hydrogen (secondary N) is 2. The molecule has 2 rings (SSSR count). The molecule has 0 saturated carbocycles. The zero-order chi connectivity index (χ0) is 19.8. The zero-order valence-corrected chi connectivity index (χ0v) is 15.9. The highest BCUT2D eigenvalue weighted by molar-refractivity contribution is 5.95. The van der Waals surface area contributed by atoms with Gasteiger partial charge in [-0.3, -0.25) is 20.4 Å². The van der Waals surface area contributed by atoms with Crippen molar-refractivity contribution < 1.29 is 23.8 Å². The molecule has 0 aliphatic carbocycles. The number of carbonyl (C=O) groups excluding carboxylic acids is 2. The SMILES string of the molecule is COc1ccc(CC(=O)NNC(=O)c2ccc(OC(C)C)cc2)c(OC)c1. The highest BCUT2D eigenvalue weighted by atomic mass is 16.5. The standard InChI is InChI=1S/C20H24N2O5/c1-13(2)27-16-8-5-14(6-9-16)20(24)22-21-19(23)11-15-7-10-17(25-3)12-18(15)26-4/h5-10,12-13H,11H2,1-4H3,(H,21,23)(H,22,24). The van der Waals surface area contributed by atoms with Crippen molar-refractivity contribution in [3.63, 3.8) is 0 Å². The third-order valence-electron chi connectivity index (χ3n) is 3.65. The predicted molar refractivity (Wildman–Crippen MR) is 101 cm³/mol. The number of amides is 2. The third kappa shape index (κ3) is 5.91. The number of methoxy groups -OCH3 is 2. The van der Waals surface area contributed by atoms with Crippen LogP contribution in [-0.4, -0.2) is 32.1 Å². The number of carbonyl (C=O) groups is 2. The first-order valence-corrected chi connectivity index (χ1v) is 8.49. The molecule has 0 atom stereocenters. The quantitative estimate of drug-likeness (QED) is 0.730. The Hall–Kier alpha value is -3.22. The van der Waals surface area contributed by atoms with E-state index in [0.29, 0.717) is 28.4 Å². The van der Waals surface area contributed by atoms with Crippen LogP contribution in [0.2, 0.25) is 0 Å². The summed E-state index contributed by atoms with van der Waals surface area (Å²) in [6.45, 7) is 3.85. The van der Waals surface area contributed by atoms with Crippen LogP contribution in [0.15, 0.2) is 42.5 Å². The second-order valence-electron chi connectivity index (χ2n) is 6.05. The van der Waals surface area contributed by atoms with E-state index in [1.165, 1.54) is 7.11 Å². The fraction of sp³-hybridized carbons (Fsp3) is 0.300. The van der Waals surface area contributed by atoms with Crippen molar-refractivity contribution in [3.8, 4) is 17.2 Å². The Labute approximate surface area is 158 Å². The van der Waals surface area contributed by atoms with Crippen molar-refractivity contribution >= 4 is 11.8 Å². The molecule has 2 N–H and O–H groups in total. The lowest BCUT2D eigenvalue weighted by Gasteiger charge is -2.12. The fourth-order valence-corrected chi connectivity index (χ4v) is 2.37. The van der Waals surface area contributed by atoms with Gasteiger partial charge in [0.25, 0.3) is 5.91 Å².